The van der Waals surface area contributed by atoms with Crippen molar-refractivity contribution in [1.82, 2.24) is 20.4 Å². The molecular formula is C22H39N5O. The van der Waals surface area contributed by atoms with E-state index in [2.05, 4.69) is 71.6 Å². The molecule has 0 saturated carbocycles. The number of hydrogen-bond donors (Lipinski definition) is 2. The number of likely N-dealkylation sites (tertiary alicyclic amines) is 1. The van der Waals surface area contributed by atoms with Crippen LogP contribution in [0.3, 0.4) is 0 Å². The van der Waals surface area contributed by atoms with Crippen LogP contribution < -0.4 is 15.4 Å². The van der Waals surface area contributed by atoms with Gasteiger partial charge in [0, 0.05) is 26.7 Å². The molecule has 1 fully saturated rings. The smallest absolute Gasteiger partial charge is 0.191 e. The van der Waals surface area contributed by atoms with Crippen molar-refractivity contribution in [2.75, 3.05) is 61.0 Å². The van der Waals surface area contributed by atoms with Crippen LogP contribution in [0.5, 0.6) is 5.75 Å². The van der Waals surface area contributed by atoms with E-state index in [1.165, 1.54) is 18.4 Å². The highest BCUT2D eigenvalue weighted by molar-refractivity contribution is 5.79. The van der Waals surface area contributed by atoms with Crippen molar-refractivity contribution < 1.29 is 4.74 Å². The third-order valence-corrected chi connectivity index (χ3v) is 5.23. The number of nitrogens with one attached hydrogen (secondary N) is 2. The SMILES string of the molecule is CN=C(NCC(c1cccc(OC)c1)N1CCCC1)NCC(C)(C)CN(C)C. The van der Waals surface area contributed by atoms with Crippen LogP contribution in [0.25, 0.3) is 0 Å². The molecule has 1 heterocycles. The molecule has 6 heteroatoms. The van der Waals surface area contributed by atoms with Crippen LogP contribution in [0.15, 0.2) is 29.3 Å². The fraction of sp³-hybridized carbons (Fsp3) is 0.682. The Morgan fingerprint density at radius 3 is 2.57 bits per heavy atom. The molecule has 1 saturated heterocycles. The monoisotopic (exact) mass is 389 g/mol. The molecular weight excluding hydrogens is 350 g/mol. The second-order valence-corrected chi connectivity index (χ2v) is 8.74. The summed E-state index contributed by atoms with van der Waals surface area (Å²) in [6.07, 6.45) is 2.54. The zero-order chi connectivity index (χ0) is 20.6. The van der Waals surface area contributed by atoms with Crippen LogP contribution in [0.4, 0.5) is 0 Å². The van der Waals surface area contributed by atoms with Gasteiger partial charge in [0.2, 0.25) is 0 Å². The van der Waals surface area contributed by atoms with Gasteiger partial charge in [-0.1, -0.05) is 26.0 Å². The van der Waals surface area contributed by atoms with Gasteiger partial charge in [0.15, 0.2) is 5.96 Å². The van der Waals surface area contributed by atoms with Crippen LogP contribution in [-0.2, 0) is 0 Å². The van der Waals surface area contributed by atoms with Gasteiger partial charge in [-0.15, -0.1) is 0 Å². The molecule has 0 aliphatic carbocycles. The molecule has 1 atom stereocenters. The normalized spacial score (nSPS) is 17.0. The fourth-order valence-electron chi connectivity index (χ4n) is 4.01. The summed E-state index contributed by atoms with van der Waals surface area (Å²) in [7, 11) is 7.79. The predicted octanol–water partition coefficient (Wildman–Crippen LogP) is 2.58. The minimum absolute atomic E-state index is 0.169. The first-order valence-corrected chi connectivity index (χ1v) is 10.3. The van der Waals surface area contributed by atoms with Crippen molar-refractivity contribution in [3.8, 4) is 5.75 Å². The maximum absolute atomic E-state index is 5.44. The second kappa shape index (κ2) is 10.7. The van der Waals surface area contributed by atoms with Gasteiger partial charge in [0.25, 0.3) is 0 Å². The Balaban J connectivity index is 2.01. The van der Waals surface area contributed by atoms with Gasteiger partial charge in [-0.3, -0.25) is 9.89 Å². The highest BCUT2D eigenvalue weighted by Gasteiger charge is 2.24. The number of guanidine groups is 1. The Morgan fingerprint density at radius 2 is 1.96 bits per heavy atom. The van der Waals surface area contributed by atoms with Gasteiger partial charge in [-0.25, -0.2) is 0 Å². The lowest BCUT2D eigenvalue weighted by atomic mass is 9.93. The standard InChI is InChI=1S/C22H39N5O/c1-22(2,17-26(4)5)16-25-21(23-3)24-15-20(27-12-7-8-13-27)18-10-9-11-19(14-18)28-6/h9-11,14,20H,7-8,12-13,15-17H2,1-6H3,(H2,23,24,25). The Morgan fingerprint density at radius 1 is 1.25 bits per heavy atom. The molecule has 2 rings (SSSR count). The summed E-state index contributed by atoms with van der Waals surface area (Å²) >= 11 is 0. The van der Waals surface area contributed by atoms with Crippen molar-refractivity contribution >= 4 is 5.96 Å². The Hall–Kier alpha value is -1.79. The topological polar surface area (TPSA) is 52.1 Å². The first kappa shape index (κ1) is 22.5. The van der Waals surface area contributed by atoms with E-state index in [1.54, 1.807) is 7.11 Å². The molecule has 0 spiro atoms. The predicted molar refractivity (Wildman–Crippen MR) is 118 cm³/mol. The number of rotatable bonds is 9. The summed E-state index contributed by atoms with van der Waals surface area (Å²) < 4.78 is 5.44. The van der Waals surface area contributed by atoms with E-state index in [0.717, 1.165) is 44.4 Å². The van der Waals surface area contributed by atoms with E-state index in [0.29, 0.717) is 6.04 Å². The van der Waals surface area contributed by atoms with Gasteiger partial charge in [-0.05, 0) is 63.1 Å². The summed E-state index contributed by atoms with van der Waals surface area (Å²) in [6.45, 7) is 9.56. The second-order valence-electron chi connectivity index (χ2n) is 8.74. The summed E-state index contributed by atoms with van der Waals surface area (Å²) in [5.74, 6) is 1.77. The van der Waals surface area contributed by atoms with E-state index in [9.17, 15) is 0 Å². The zero-order valence-electron chi connectivity index (χ0n) is 18.6. The van der Waals surface area contributed by atoms with E-state index >= 15 is 0 Å². The summed E-state index contributed by atoms with van der Waals surface area (Å²) in [4.78, 5) is 9.22. The minimum Gasteiger partial charge on any atom is -0.497 e. The number of methoxy groups -OCH3 is 1. The molecule has 1 unspecified atom stereocenters. The molecule has 0 radical (unpaired) electrons. The lowest BCUT2D eigenvalue weighted by Gasteiger charge is -2.31. The van der Waals surface area contributed by atoms with Gasteiger partial charge in [0.05, 0.1) is 13.2 Å². The molecule has 158 valence electrons. The molecule has 1 aliphatic rings. The molecule has 0 amide bonds. The lowest BCUT2D eigenvalue weighted by molar-refractivity contribution is 0.237. The quantitative estimate of drug-likeness (QED) is 0.502. The van der Waals surface area contributed by atoms with Crippen LogP contribution >= 0.6 is 0 Å². The van der Waals surface area contributed by atoms with Gasteiger partial charge < -0.3 is 20.3 Å². The van der Waals surface area contributed by atoms with Crippen molar-refractivity contribution in [1.29, 1.82) is 0 Å². The third kappa shape index (κ3) is 6.99. The van der Waals surface area contributed by atoms with Crippen molar-refractivity contribution in [2.45, 2.75) is 32.7 Å². The molecule has 6 nitrogen and oxygen atoms in total. The van der Waals surface area contributed by atoms with Crippen LogP contribution in [0.2, 0.25) is 0 Å². The zero-order valence-corrected chi connectivity index (χ0v) is 18.6. The Kier molecular flexibility index (Phi) is 8.58. The van der Waals surface area contributed by atoms with Crippen molar-refractivity contribution in [3.63, 3.8) is 0 Å². The average Bonchev–Trinajstić information content (AvgIpc) is 3.18. The number of benzene rings is 1. The number of hydrogen-bond acceptors (Lipinski definition) is 4. The van der Waals surface area contributed by atoms with Gasteiger partial charge in [-0.2, -0.15) is 0 Å². The van der Waals surface area contributed by atoms with Gasteiger partial charge in [0.1, 0.15) is 5.75 Å². The Bertz CT molecular complexity index is 623. The lowest BCUT2D eigenvalue weighted by Crippen LogP contribution is -2.47. The largest absolute Gasteiger partial charge is 0.497 e. The average molecular weight is 390 g/mol. The molecule has 1 aliphatic heterocycles. The van der Waals surface area contributed by atoms with Gasteiger partial charge >= 0.3 is 0 Å². The molecule has 0 bridgehead atoms. The van der Waals surface area contributed by atoms with Crippen LogP contribution in [-0.4, -0.2) is 76.7 Å². The first-order chi connectivity index (χ1) is 13.3. The first-order valence-electron chi connectivity index (χ1n) is 10.3. The summed E-state index contributed by atoms with van der Waals surface area (Å²) in [5, 5.41) is 7.06. The van der Waals surface area contributed by atoms with E-state index in [1.807, 2.05) is 13.1 Å². The summed E-state index contributed by atoms with van der Waals surface area (Å²) in [6, 6.07) is 8.75. The maximum Gasteiger partial charge on any atom is 0.191 e. The number of nitrogens with zero attached hydrogens (tertiary/aromatic N) is 3. The van der Waals surface area contributed by atoms with Crippen molar-refractivity contribution in [3.05, 3.63) is 29.8 Å². The maximum atomic E-state index is 5.44. The fourth-order valence-corrected chi connectivity index (χ4v) is 4.01. The van der Waals surface area contributed by atoms with E-state index in [4.69, 9.17) is 4.74 Å². The highest BCUT2D eigenvalue weighted by atomic mass is 16.5. The molecule has 0 aromatic heterocycles. The molecule has 1 aromatic carbocycles. The van der Waals surface area contributed by atoms with Crippen LogP contribution in [0.1, 0.15) is 38.3 Å². The molecule has 1 aromatic rings. The summed E-state index contributed by atoms with van der Waals surface area (Å²) in [5.41, 5.74) is 1.46. The molecule has 2 N–H and O–H groups in total. The highest BCUT2D eigenvalue weighted by Crippen LogP contribution is 2.27. The van der Waals surface area contributed by atoms with E-state index in [-0.39, 0.29) is 5.41 Å². The van der Waals surface area contributed by atoms with Crippen LogP contribution in [0, 0.1) is 5.41 Å². The Labute approximate surface area is 171 Å². The molecule has 28 heavy (non-hydrogen) atoms. The minimum atomic E-state index is 0.169. The van der Waals surface area contributed by atoms with E-state index < -0.39 is 0 Å². The number of ether oxygens (including phenoxy) is 1. The number of aliphatic imine (C=N–C) groups is 1. The third-order valence-electron chi connectivity index (χ3n) is 5.23. The van der Waals surface area contributed by atoms with Crippen molar-refractivity contribution in [2.24, 2.45) is 10.4 Å².